The number of carbonyl (C=O) groups is 2. The van der Waals surface area contributed by atoms with E-state index in [2.05, 4.69) is 20.8 Å². The van der Waals surface area contributed by atoms with Gasteiger partial charge >= 0.3 is 0 Å². The zero-order chi connectivity index (χ0) is 14.7. The molecule has 2 amide bonds. The molecular weight excluding hydrogens is 268 g/mol. The van der Waals surface area contributed by atoms with E-state index < -0.39 is 0 Å². The lowest BCUT2D eigenvalue weighted by Gasteiger charge is -2.12. The molecule has 2 heterocycles. The van der Waals surface area contributed by atoms with Gasteiger partial charge in [-0.15, -0.1) is 0 Å². The number of rotatable bonds is 3. The maximum absolute atomic E-state index is 12.0. The van der Waals surface area contributed by atoms with Crippen LogP contribution in [0.2, 0.25) is 0 Å². The van der Waals surface area contributed by atoms with Gasteiger partial charge in [0.15, 0.2) is 0 Å². The van der Waals surface area contributed by atoms with Crippen LogP contribution in [0.25, 0.3) is 10.9 Å². The first-order valence-corrected chi connectivity index (χ1v) is 6.70. The Labute approximate surface area is 121 Å². The second kappa shape index (κ2) is 5.70. The lowest BCUT2D eigenvalue weighted by atomic mass is 10.1. The van der Waals surface area contributed by atoms with Crippen LogP contribution < -0.4 is 10.7 Å². The molecule has 0 fully saturated rings. The van der Waals surface area contributed by atoms with Gasteiger partial charge in [-0.2, -0.15) is 5.10 Å². The van der Waals surface area contributed by atoms with Crippen LogP contribution in [-0.4, -0.2) is 22.5 Å². The largest absolute Gasteiger partial charge is 0.347 e. The van der Waals surface area contributed by atoms with E-state index in [1.165, 1.54) is 0 Å². The summed E-state index contributed by atoms with van der Waals surface area (Å²) >= 11 is 0. The van der Waals surface area contributed by atoms with Crippen molar-refractivity contribution in [2.75, 3.05) is 0 Å². The molecule has 0 atom stereocenters. The van der Waals surface area contributed by atoms with Crippen molar-refractivity contribution in [3.63, 3.8) is 0 Å². The fourth-order valence-electron chi connectivity index (χ4n) is 2.23. The third-order valence-electron chi connectivity index (χ3n) is 3.32. The highest BCUT2D eigenvalue weighted by atomic mass is 16.2. The number of benzene rings is 1. The van der Waals surface area contributed by atoms with Gasteiger partial charge in [0.1, 0.15) is 5.71 Å². The van der Waals surface area contributed by atoms with Crippen molar-refractivity contribution in [3.05, 3.63) is 42.1 Å². The van der Waals surface area contributed by atoms with E-state index in [1.54, 1.807) is 6.20 Å². The van der Waals surface area contributed by atoms with Crippen molar-refractivity contribution >= 4 is 28.4 Å². The van der Waals surface area contributed by atoms with Gasteiger partial charge in [0.25, 0.3) is 5.91 Å². The summed E-state index contributed by atoms with van der Waals surface area (Å²) in [7, 11) is 0. The molecule has 0 aliphatic carbocycles. The topological polar surface area (TPSA) is 83.5 Å². The van der Waals surface area contributed by atoms with Gasteiger partial charge < -0.3 is 5.32 Å². The van der Waals surface area contributed by atoms with Crippen molar-refractivity contribution in [1.29, 1.82) is 0 Å². The second-order valence-electron chi connectivity index (χ2n) is 4.77. The Balaban J connectivity index is 1.72. The summed E-state index contributed by atoms with van der Waals surface area (Å²) in [6, 6.07) is 9.71. The minimum Gasteiger partial charge on any atom is -0.347 e. The molecule has 1 aromatic carbocycles. The minimum atomic E-state index is -0.261. The summed E-state index contributed by atoms with van der Waals surface area (Å²) in [6.07, 6.45) is 2.39. The molecule has 0 spiro atoms. The molecular formula is C15H14N4O2. The van der Waals surface area contributed by atoms with Crippen LogP contribution in [0.5, 0.6) is 0 Å². The highest BCUT2D eigenvalue weighted by Crippen LogP contribution is 2.15. The number of carbonyl (C=O) groups excluding carboxylic acids is 2. The number of aromatic nitrogens is 1. The van der Waals surface area contributed by atoms with E-state index in [4.69, 9.17) is 0 Å². The molecule has 0 bridgehead atoms. The van der Waals surface area contributed by atoms with Crippen molar-refractivity contribution in [2.24, 2.45) is 5.10 Å². The molecule has 1 aromatic heterocycles. The maximum atomic E-state index is 12.0. The van der Waals surface area contributed by atoms with E-state index in [-0.39, 0.29) is 11.8 Å². The van der Waals surface area contributed by atoms with E-state index in [0.717, 1.165) is 16.5 Å². The standard InChI is InChI=1S/C15H14N4O2/c20-13-7-6-12(18-19-13)15(21)17-9-11-4-1-3-10-5-2-8-16-14(10)11/h1-5,8H,6-7,9H2,(H,17,21)(H,19,20). The quantitative estimate of drug-likeness (QED) is 0.884. The Morgan fingerprint density at radius 3 is 2.90 bits per heavy atom. The average Bonchev–Trinajstić information content (AvgIpc) is 2.53. The van der Waals surface area contributed by atoms with Crippen LogP contribution in [0.4, 0.5) is 0 Å². The number of hydrogen-bond acceptors (Lipinski definition) is 4. The van der Waals surface area contributed by atoms with Crippen molar-refractivity contribution in [1.82, 2.24) is 15.7 Å². The lowest BCUT2D eigenvalue weighted by molar-refractivity contribution is -0.121. The Hall–Kier alpha value is -2.76. The third kappa shape index (κ3) is 2.89. The Kier molecular flexibility index (Phi) is 3.59. The summed E-state index contributed by atoms with van der Waals surface area (Å²) in [5.41, 5.74) is 4.49. The van der Waals surface area contributed by atoms with Gasteiger partial charge in [0.2, 0.25) is 5.91 Å². The van der Waals surface area contributed by atoms with Crippen LogP contribution in [-0.2, 0) is 16.1 Å². The van der Waals surface area contributed by atoms with E-state index in [1.807, 2.05) is 30.3 Å². The molecule has 106 valence electrons. The molecule has 1 aliphatic rings. The molecule has 6 nitrogen and oxygen atoms in total. The van der Waals surface area contributed by atoms with Crippen molar-refractivity contribution < 1.29 is 9.59 Å². The summed E-state index contributed by atoms with van der Waals surface area (Å²) in [6.45, 7) is 0.375. The molecule has 3 rings (SSSR count). The van der Waals surface area contributed by atoms with Crippen LogP contribution in [0.3, 0.4) is 0 Å². The van der Waals surface area contributed by atoms with Crippen molar-refractivity contribution in [3.8, 4) is 0 Å². The Morgan fingerprint density at radius 2 is 2.10 bits per heavy atom. The van der Waals surface area contributed by atoms with E-state index in [9.17, 15) is 9.59 Å². The fraction of sp³-hybridized carbons (Fsp3) is 0.200. The predicted molar refractivity (Wildman–Crippen MR) is 78.4 cm³/mol. The molecule has 2 N–H and O–H groups in total. The van der Waals surface area contributed by atoms with Gasteiger partial charge in [0.05, 0.1) is 5.52 Å². The number of hydrazone groups is 1. The van der Waals surface area contributed by atoms with Gasteiger partial charge in [-0.3, -0.25) is 14.6 Å². The van der Waals surface area contributed by atoms with Crippen LogP contribution in [0, 0.1) is 0 Å². The number of para-hydroxylation sites is 1. The monoisotopic (exact) mass is 282 g/mol. The Bertz CT molecular complexity index is 734. The van der Waals surface area contributed by atoms with Gasteiger partial charge in [-0.1, -0.05) is 24.3 Å². The third-order valence-corrected chi connectivity index (χ3v) is 3.32. The molecule has 0 saturated heterocycles. The van der Waals surface area contributed by atoms with Gasteiger partial charge in [-0.25, -0.2) is 5.43 Å². The van der Waals surface area contributed by atoms with Crippen molar-refractivity contribution in [2.45, 2.75) is 19.4 Å². The molecule has 0 radical (unpaired) electrons. The summed E-state index contributed by atoms with van der Waals surface area (Å²) in [5, 5.41) is 7.62. The van der Waals surface area contributed by atoms with Gasteiger partial charge in [-0.05, 0) is 11.6 Å². The smallest absolute Gasteiger partial charge is 0.267 e. The number of amides is 2. The normalized spacial score (nSPS) is 14.5. The zero-order valence-corrected chi connectivity index (χ0v) is 11.3. The molecule has 6 heteroatoms. The average molecular weight is 282 g/mol. The zero-order valence-electron chi connectivity index (χ0n) is 11.3. The highest BCUT2D eigenvalue weighted by Gasteiger charge is 2.18. The first-order chi connectivity index (χ1) is 10.2. The SMILES string of the molecule is O=C1CCC(C(=O)NCc2cccc3cccnc23)=NN1. The first kappa shape index (κ1) is 13.2. The molecule has 2 aromatic rings. The van der Waals surface area contributed by atoms with Crippen LogP contribution in [0.1, 0.15) is 18.4 Å². The Morgan fingerprint density at radius 1 is 1.24 bits per heavy atom. The second-order valence-corrected chi connectivity index (χ2v) is 4.77. The number of pyridine rings is 1. The van der Waals surface area contributed by atoms with E-state index >= 15 is 0 Å². The van der Waals surface area contributed by atoms with E-state index in [0.29, 0.717) is 25.1 Å². The van der Waals surface area contributed by atoms with Gasteiger partial charge in [0, 0.05) is 31.0 Å². The number of nitrogens with zero attached hydrogens (tertiary/aromatic N) is 2. The summed E-state index contributed by atoms with van der Waals surface area (Å²) < 4.78 is 0. The number of hydrogen-bond donors (Lipinski definition) is 2. The summed E-state index contributed by atoms with van der Waals surface area (Å²) in [4.78, 5) is 27.3. The molecule has 21 heavy (non-hydrogen) atoms. The molecule has 0 unspecified atom stereocenters. The number of nitrogens with one attached hydrogen (secondary N) is 2. The predicted octanol–water partition coefficient (Wildman–Crippen LogP) is 1.12. The highest BCUT2D eigenvalue weighted by molar-refractivity contribution is 6.39. The molecule has 1 aliphatic heterocycles. The first-order valence-electron chi connectivity index (χ1n) is 6.70. The minimum absolute atomic E-state index is 0.162. The van der Waals surface area contributed by atoms with Crippen LogP contribution >= 0.6 is 0 Å². The number of fused-ring (bicyclic) bond motifs is 1. The summed E-state index contributed by atoms with van der Waals surface area (Å²) in [5.74, 6) is -0.423. The lowest BCUT2D eigenvalue weighted by Crippen LogP contribution is -2.36. The maximum Gasteiger partial charge on any atom is 0.267 e. The molecule has 0 saturated carbocycles. The fourth-order valence-corrected chi connectivity index (χ4v) is 2.23. The van der Waals surface area contributed by atoms with Crippen LogP contribution in [0.15, 0.2) is 41.6 Å².